The Kier molecular flexibility index (Phi) is 3.19. The van der Waals surface area contributed by atoms with Gasteiger partial charge >= 0.3 is 0 Å². The summed E-state index contributed by atoms with van der Waals surface area (Å²) in [4.78, 5) is 4.05. The predicted octanol–water partition coefficient (Wildman–Crippen LogP) is 3.76. The van der Waals surface area contributed by atoms with E-state index in [-0.39, 0.29) is 11.9 Å². The van der Waals surface area contributed by atoms with Crippen molar-refractivity contribution in [3.05, 3.63) is 46.2 Å². The highest BCUT2D eigenvalue weighted by molar-refractivity contribution is 7.08. The van der Waals surface area contributed by atoms with Crippen LogP contribution in [0.5, 0.6) is 0 Å². The maximum atomic E-state index is 12.7. The fourth-order valence-electron chi connectivity index (χ4n) is 1.46. The molecule has 0 spiro atoms. The van der Waals surface area contributed by atoms with Gasteiger partial charge in [-0.1, -0.05) is 0 Å². The summed E-state index contributed by atoms with van der Waals surface area (Å²) < 4.78 is 12.7. The molecule has 2 heterocycles. The summed E-state index contributed by atoms with van der Waals surface area (Å²) in [7, 11) is 0. The standard InChI is InChI=1S/C12H13FN2S/c1-8-6-16-7-12(8)15-9(2)11-4-3-10(13)5-14-11/h3-7,9,15H,1-2H3. The zero-order valence-electron chi connectivity index (χ0n) is 9.20. The highest BCUT2D eigenvalue weighted by Crippen LogP contribution is 2.24. The third-order valence-corrected chi connectivity index (χ3v) is 3.28. The zero-order valence-corrected chi connectivity index (χ0v) is 10.0. The molecule has 0 bridgehead atoms. The van der Waals surface area contributed by atoms with Gasteiger partial charge in [-0.15, -0.1) is 11.3 Å². The third-order valence-electron chi connectivity index (χ3n) is 2.42. The summed E-state index contributed by atoms with van der Waals surface area (Å²) in [5.74, 6) is -0.303. The normalized spacial score (nSPS) is 12.4. The molecular formula is C12H13FN2S. The summed E-state index contributed by atoms with van der Waals surface area (Å²) in [5, 5.41) is 7.51. The van der Waals surface area contributed by atoms with Crippen LogP contribution >= 0.6 is 11.3 Å². The first-order valence-corrected chi connectivity index (χ1v) is 6.02. The topological polar surface area (TPSA) is 24.9 Å². The van der Waals surface area contributed by atoms with E-state index < -0.39 is 0 Å². The van der Waals surface area contributed by atoms with Crippen LogP contribution in [-0.2, 0) is 0 Å². The molecule has 0 aliphatic heterocycles. The molecule has 0 aliphatic rings. The maximum absolute atomic E-state index is 12.7. The van der Waals surface area contributed by atoms with Crippen LogP contribution in [-0.4, -0.2) is 4.98 Å². The second-order valence-electron chi connectivity index (χ2n) is 3.74. The van der Waals surface area contributed by atoms with Crippen LogP contribution in [0.1, 0.15) is 24.2 Å². The van der Waals surface area contributed by atoms with Crippen molar-refractivity contribution in [1.29, 1.82) is 0 Å². The Morgan fingerprint density at radius 3 is 2.75 bits per heavy atom. The molecule has 1 unspecified atom stereocenters. The van der Waals surface area contributed by atoms with Crippen LogP contribution in [0.3, 0.4) is 0 Å². The molecular weight excluding hydrogens is 223 g/mol. The predicted molar refractivity (Wildman–Crippen MR) is 65.3 cm³/mol. The van der Waals surface area contributed by atoms with Crippen LogP contribution in [0, 0.1) is 12.7 Å². The molecule has 0 saturated heterocycles. The summed E-state index contributed by atoms with van der Waals surface area (Å²) in [6, 6.07) is 3.21. The van der Waals surface area contributed by atoms with Crippen LogP contribution in [0.2, 0.25) is 0 Å². The number of aryl methyl sites for hydroxylation is 1. The first kappa shape index (κ1) is 11.1. The van der Waals surface area contributed by atoms with E-state index in [1.54, 1.807) is 17.4 Å². The molecule has 0 aliphatic carbocycles. The Bertz CT molecular complexity index is 464. The number of aromatic nitrogens is 1. The molecule has 0 radical (unpaired) electrons. The number of thiophene rings is 1. The Morgan fingerprint density at radius 1 is 1.38 bits per heavy atom. The van der Waals surface area contributed by atoms with Gasteiger partial charge in [0, 0.05) is 11.1 Å². The molecule has 1 atom stereocenters. The molecule has 2 aromatic heterocycles. The van der Waals surface area contributed by atoms with Gasteiger partial charge in [0.05, 0.1) is 17.9 Å². The Labute approximate surface area is 98.2 Å². The minimum Gasteiger partial charge on any atom is -0.376 e. The smallest absolute Gasteiger partial charge is 0.141 e. The van der Waals surface area contributed by atoms with Gasteiger partial charge in [0.15, 0.2) is 0 Å². The van der Waals surface area contributed by atoms with E-state index >= 15 is 0 Å². The molecule has 4 heteroatoms. The summed E-state index contributed by atoms with van der Waals surface area (Å²) in [6.07, 6.45) is 1.24. The van der Waals surface area contributed by atoms with Gasteiger partial charge in [-0.2, -0.15) is 0 Å². The van der Waals surface area contributed by atoms with Gasteiger partial charge in [0.2, 0.25) is 0 Å². The van der Waals surface area contributed by atoms with Crippen molar-refractivity contribution in [2.24, 2.45) is 0 Å². The van der Waals surface area contributed by atoms with Gasteiger partial charge < -0.3 is 5.32 Å². The lowest BCUT2D eigenvalue weighted by atomic mass is 10.2. The highest BCUT2D eigenvalue weighted by Gasteiger charge is 2.08. The lowest BCUT2D eigenvalue weighted by Gasteiger charge is -2.14. The fraction of sp³-hybridized carbons (Fsp3) is 0.250. The number of hydrogen-bond acceptors (Lipinski definition) is 3. The van der Waals surface area contributed by atoms with E-state index in [0.717, 1.165) is 11.4 Å². The first-order valence-electron chi connectivity index (χ1n) is 5.07. The molecule has 0 saturated carbocycles. The number of anilines is 1. The third kappa shape index (κ3) is 2.39. The lowest BCUT2D eigenvalue weighted by Crippen LogP contribution is -2.08. The lowest BCUT2D eigenvalue weighted by molar-refractivity contribution is 0.617. The second kappa shape index (κ2) is 4.61. The monoisotopic (exact) mass is 236 g/mol. The van der Waals surface area contributed by atoms with E-state index in [0.29, 0.717) is 0 Å². The van der Waals surface area contributed by atoms with Crippen LogP contribution in [0.15, 0.2) is 29.1 Å². The van der Waals surface area contributed by atoms with Crippen molar-refractivity contribution >= 4 is 17.0 Å². The average Bonchev–Trinajstić information content (AvgIpc) is 2.65. The molecule has 16 heavy (non-hydrogen) atoms. The van der Waals surface area contributed by atoms with Gasteiger partial charge in [0.1, 0.15) is 5.82 Å². The number of nitrogens with zero attached hydrogens (tertiary/aromatic N) is 1. The SMILES string of the molecule is Cc1cscc1NC(C)c1ccc(F)cn1. The number of nitrogens with one attached hydrogen (secondary N) is 1. The summed E-state index contributed by atoms with van der Waals surface area (Å²) in [6.45, 7) is 4.07. The quantitative estimate of drug-likeness (QED) is 0.877. The molecule has 0 amide bonds. The van der Waals surface area contributed by atoms with E-state index in [2.05, 4.69) is 28.0 Å². The van der Waals surface area contributed by atoms with Crippen LogP contribution in [0.4, 0.5) is 10.1 Å². The molecule has 2 aromatic rings. The van der Waals surface area contributed by atoms with E-state index in [9.17, 15) is 4.39 Å². The minimum atomic E-state index is -0.303. The van der Waals surface area contributed by atoms with Crippen molar-refractivity contribution in [3.63, 3.8) is 0 Å². The van der Waals surface area contributed by atoms with Crippen molar-refractivity contribution in [2.75, 3.05) is 5.32 Å². The van der Waals surface area contributed by atoms with Gasteiger partial charge in [-0.25, -0.2) is 4.39 Å². The number of hydrogen-bond donors (Lipinski definition) is 1. The Balaban J connectivity index is 2.11. The van der Waals surface area contributed by atoms with Crippen molar-refractivity contribution in [3.8, 4) is 0 Å². The average molecular weight is 236 g/mol. The van der Waals surface area contributed by atoms with Gasteiger partial charge in [0.25, 0.3) is 0 Å². The molecule has 84 valence electrons. The van der Waals surface area contributed by atoms with Gasteiger partial charge in [-0.3, -0.25) is 4.98 Å². The molecule has 0 aromatic carbocycles. The molecule has 1 N–H and O–H groups in total. The Morgan fingerprint density at radius 2 is 2.19 bits per heavy atom. The zero-order chi connectivity index (χ0) is 11.5. The van der Waals surface area contributed by atoms with E-state index in [4.69, 9.17) is 0 Å². The van der Waals surface area contributed by atoms with Crippen LogP contribution < -0.4 is 5.32 Å². The van der Waals surface area contributed by atoms with E-state index in [1.807, 2.05) is 6.92 Å². The number of halogens is 1. The number of pyridine rings is 1. The summed E-state index contributed by atoms with van der Waals surface area (Å²) >= 11 is 1.66. The van der Waals surface area contributed by atoms with Gasteiger partial charge in [-0.05, 0) is 36.9 Å². The fourth-order valence-corrected chi connectivity index (χ4v) is 2.25. The maximum Gasteiger partial charge on any atom is 0.141 e. The van der Waals surface area contributed by atoms with Crippen molar-refractivity contribution < 1.29 is 4.39 Å². The van der Waals surface area contributed by atoms with E-state index in [1.165, 1.54) is 17.8 Å². The summed E-state index contributed by atoms with van der Waals surface area (Å²) in [5.41, 5.74) is 3.18. The van der Waals surface area contributed by atoms with Crippen LogP contribution in [0.25, 0.3) is 0 Å². The molecule has 2 nitrogen and oxygen atoms in total. The Hall–Kier alpha value is -1.42. The first-order chi connectivity index (χ1) is 7.66. The van der Waals surface area contributed by atoms with Crippen molar-refractivity contribution in [1.82, 2.24) is 4.98 Å². The molecule has 0 fully saturated rings. The number of rotatable bonds is 3. The van der Waals surface area contributed by atoms with Crippen molar-refractivity contribution in [2.45, 2.75) is 19.9 Å². The second-order valence-corrected chi connectivity index (χ2v) is 4.48. The minimum absolute atomic E-state index is 0.0777. The largest absolute Gasteiger partial charge is 0.376 e. The highest BCUT2D eigenvalue weighted by atomic mass is 32.1. The molecule has 2 rings (SSSR count).